The SMILES string of the molecule is O=C(CCCN1CCC(O)(c2ccc(Cl)cc2)CC1)c1ccc(F)cc1.O=C1CC2(CCCC2)CC(=O)N1CCCCN1CCN(c2ncccn2)CC1.OCCN1CCN(CC/C=C2/c3ccccc3Sc3ccc(C(F)(F)F)cc32)CC1. The Kier molecular flexibility index (Phi) is 22.2. The van der Waals surface area contributed by atoms with Crippen molar-refractivity contribution in [3.05, 3.63) is 154 Å². The molecular weight excluding hydrogens is 1120 g/mol. The maximum absolute atomic E-state index is 13.3. The van der Waals surface area contributed by atoms with Gasteiger partial charge in [0.15, 0.2) is 5.78 Å². The molecule has 4 aromatic carbocycles. The van der Waals surface area contributed by atoms with E-state index in [-0.39, 0.29) is 35.4 Å². The standard InChI is InChI=1S/C23H25F3N2OS.C21H23ClFNO2.C21H31N5O2/c24-23(25,26)17-7-8-22-20(16-17)18(19-4-1-2-6-21(19)30-22)5-3-9-27-10-12-28(13-11-27)14-15-29;22-18-7-5-17(6-8-18)21(26)11-14-24(15-12-21)13-1-2-20(25)16-3-9-19(23)10-4-16;27-18-16-21(6-1-2-7-21)17-19(28)26(18)11-4-3-10-24-12-14-25(15-13-24)20-22-8-5-9-23-20/h1-2,4-8,16,29H,3,9-15H2;3-10,26H,1-2,11-15H2;5,8-9H,1-4,6-7,10-17H2/b18-5-;;. The first kappa shape index (κ1) is 62.9. The molecule has 1 aliphatic carbocycles. The lowest BCUT2D eigenvalue weighted by molar-refractivity contribution is -0.153. The van der Waals surface area contributed by atoms with Crippen LogP contribution in [0.15, 0.2) is 125 Å². The number of alkyl halides is 3. The molecule has 0 atom stereocenters. The monoisotopic (exact) mass is 1190 g/mol. The number of likely N-dealkylation sites (tertiary alicyclic amines) is 2. The third-order valence-electron chi connectivity index (χ3n) is 17.4. The number of imide groups is 1. The van der Waals surface area contributed by atoms with Crippen molar-refractivity contribution < 1.29 is 42.2 Å². The van der Waals surface area contributed by atoms with Gasteiger partial charge in [-0.05, 0) is 159 Å². The Bertz CT molecular complexity index is 2960. The second kappa shape index (κ2) is 29.7. The van der Waals surface area contributed by atoms with Crippen LogP contribution in [-0.2, 0) is 21.4 Å². The zero-order valence-corrected chi connectivity index (χ0v) is 49.5. The van der Waals surface area contributed by atoms with E-state index in [9.17, 15) is 37.1 Å². The summed E-state index contributed by atoms with van der Waals surface area (Å²) in [5.41, 5.74) is 2.63. The molecular formula is C65H79ClF4N8O5S. The number of aliphatic hydroxyl groups is 2. The maximum atomic E-state index is 13.3. The van der Waals surface area contributed by atoms with E-state index in [0.717, 1.165) is 156 Å². The fraction of sp³-hybridized carbons (Fsp3) is 0.492. The number of amides is 2. The summed E-state index contributed by atoms with van der Waals surface area (Å²) in [6.07, 6.45) is 12.2. The molecule has 5 fully saturated rings. The topological polar surface area (TPSA) is 137 Å². The lowest BCUT2D eigenvalue weighted by Gasteiger charge is -2.38. The van der Waals surface area contributed by atoms with E-state index in [0.29, 0.717) is 61.3 Å². The Morgan fingerprint density at radius 1 is 0.655 bits per heavy atom. The highest BCUT2D eigenvalue weighted by Gasteiger charge is 2.45. The first-order valence-corrected chi connectivity index (χ1v) is 31.1. The van der Waals surface area contributed by atoms with Crippen molar-refractivity contribution in [3.8, 4) is 0 Å². The average Bonchev–Trinajstić information content (AvgIpc) is 3.27. The van der Waals surface area contributed by atoms with Crippen molar-refractivity contribution >= 4 is 52.5 Å². The van der Waals surface area contributed by atoms with E-state index in [1.807, 2.05) is 54.6 Å². The number of aliphatic hydroxyl groups excluding tert-OH is 1. The number of ketones is 1. The Balaban J connectivity index is 0.000000152. The Hall–Kier alpha value is -5.57. The Morgan fingerprint density at radius 2 is 1.24 bits per heavy atom. The van der Waals surface area contributed by atoms with E-state index >= 15 is 0 Å². The first-order valence-electron chi connectivity index (χ1n) is 29.9. The molecule has 5 aliphatic heterocycles. The van der Waals surface area contributed by atoms with E-state index in [1.54, 1.807) is 18.5 Å². The number of piperazine rings is 2. The van der Waals surface area contributed by atoms with Gasteiger partial charge < -0.3 is 24.9 Å². The van der Waals surface area contributed by atoms with Crippen molar-refractivity contribution in [1.82, 2.24) is 34.5 Å². The number of anilines is 1. The molecule has 1 spiro atoms. The number of halogens is 5. The minimum atomic E-state index is -4.35. The number of unbranched alkanes of at least 4 members (excludes halogenated alkanes) is 1. The van der Waals surface area contributed by atoms with Crippen LogP contribution in [0.5, 0.6) is 0 Å². The average molecular weight is 1200 g/mol. The van der Waals surface area contributed by atoms with Crippen molar-refractivity contribution in [1.29, 1.82) is 0 Å². The van der Waals surface area contributed by atoms with E-state index in [1.165, 1.54) is 65.9 Å². The van der Waals surface area contributed by atoms with Crippen LogP contribution in [0.2, 0.25) is 5.02 Å². The van der Waals surface area contributed by atoms with Gasteiger partial charge in [-0.2, -0.15) is 13.2 Å². The number of benzene rings is 4. The second-order valence-corrected chi connectivity index (χ2v) is 24.6. The highest BCUT2D eigenvalue weighted by Crippen LogP contribution is 2.48. The van der Waals surface area contributed by atoms with Crippen LogP contribution >= 0.6 is 23.4 Å². The van der Waals surface area contributed by atoms with Gasteiger partial charge >= 0.3 is 6.18 Å². The number of aromatic nitrogens is 2. The smallest absolute Gasteiger partial charge is 0.395 e. The highest BCUT2D eigenvalue weighted by atomic mass is 35.5. The molecule has 4 saturated heterocycles. The van der Waals surface area contributed by atoms with Crippen LogP contribution in [0.25, 0.3) is 5.57 Å². The molecule has 0 radical (unpaired) electrons. The van der Waals surface area contributed by atoms with Crippen LogP contribution < -0.4 is 4.90 Å². The predicted molar refractivity (Wildman–Crippen MR) is 321 cm³/mol. The van der Waals surface area contributed by atoms with Crippen molar-refractivity contribution in [3.63, 3.8) is 0 Å². The summed E-state index contributed by atoms with van der Waals surface area (Å²) in [6.45, 7) is 13.5. The van der Waals surface area contributed by atoms with Gasteiger partial charge in [-0.1, -0.05) is 72.6 Å². The van der Waals surface area contributed by atoms with Gasteiger partial charge in [0.2, 0.25) is 17.8 Å². The number of piperidine rings is 2. The summed E-state index contributed by atoms with van der Waals surface area (Å²) in [5.74, 6) is 0.649. The van der Waals surface area contributed by atoms with Gasteiger partial charge in [-0.3, -0.25) is 29.1 Å². The molecule has 5 aromatic rings. The van der Waals surface area contributed by atoms with Crippen molar-refractivity contribution in [2.24, 2.45) is 5.41 Å². The summed E-state index contributed by atoms with van der Waals surface area (Å²) in [6, 6.07) is 26.9. The lowest BCUT2D eigenvalue weighted by Crippen LogP contribution is -2.48. The number of β-amino-alcohol motifs (C(OH)–C–C–N with tert-alkyl or cyclic N) is 1. The lowest BCUT2D eigenvalue weighted by atomic mass is 9.76. The van der Waals surface area contributed by atoms with Crippen LogP contribution in [0.4, 0.5) is 23.5 Å². The number of hydrogen-bond donors (Lipinski definition) is 2. The van der Waals surface area contributed by atoms with E-state index < -0.39 is 17.3 Å². The van der Waals surface area contributed by atoms with Gasteiger partial charge in [-0.25, -0.2) is 14.4 Å². The fourth-order valence-corrected chi connectivity index (χ4v) is 13.7. The molecule has 84 heavy (non-hydrogen) atoms. The fourth-order valence-electron chi connectivity index (χ4n) is 12.5. The molecule has 0 unspecified atom stereocenters. The number of Topliss-reactive ketones (excluding diaryl/α,β-unsaturated/α-hetero) is 1. The predicted octanol–water partition coefficient (Wildman–Crippen LogP) is 11.1. The van der Waals surface area contributed by atoms with Gasteiger partial charge in [0, 0.05) is 137 Å². The second-order valence-electron chi connectivity index (χ2n) is 23.1. The summed E-state index contributed by atoms with van der Waals surface area (Å²) in [4.78, 5) is 60.8. The minimum absolute atomic E-state index is 0.00676. The third-order valence-corrected chi connectivity index (χ3v) is 18.8. The minimum Gasteiger partial charge on any atom is -0.395 e. The van der Waals surface area contributed by atoms with Crippen molar-refractivity contribution in [2.45, 2.75) is 105 Å². The van der Waals surface area contributed by atoms with Gasteiger partial charge in [0.1, 0.15) is 5.82 Å². The van der Waals surface area contributed by atoms with Crippen LogP contribution in [0.3, 0.4) is 0 Å². The molecule has 450 valence electrons. The summed E-state index contributed by atoms with van der Waals surface area (Å²) < 4.78 is 52.8. The quantitative estimate of drug-likeness (QED) is 0.0388. The van der Waals surface area contributed by atoms with E-state index in [4.69, 9.17) is 16.7 Å². The molecule has 11 rings (SSSR count). The molecule has 6 aliphatic rings. The summed E-state index contributed by atoms with van der Waals surface area (Å²) in [5, 5.41) is 20.6. The normalized spacial score (nSPS) is 19.8. The summed E-state index contributed by atoms with van der Waals surface area (Å²) >= 11 is 7.45. The molecule has 1 aromatic heterocycles. The largest absolute Gasteiger partial charge is 0.416 e. The van der Waals surface area contributed by atoms with Crippen LogP contribution in [0, 0.1) is 11.2 Å². The maximum Gasteiger partial charge on any atom is 0.416 e. The zero-order valence-electron chi connectivity index (χ0n) is 48.0. The molecule has 2 N–H and O–H groups in total. The number of hydrogen-bond acceptors (Lipinski definition) is 13. The highest BCUT2D eigenvalue weighted by molar-refractivity contribution is 7.99. The van der Waals surface area contributed by atoms with Crippen molar-refractivity contribution in [2.75, 3.05) is 110 Å². The molecule has 6 heterocycles. The molecule has 13 nitrogen and oxygen atoms in total. The Labute approximate surface area is 501 Å². The molecule has 1 saturated carbocycles. The van der Waals surface area contributed by atoms with Gasteiger partial charge in [-0.15, -0.1) is 0 Å². The molecule has 0 bridgehead atoms. The number of fused-ring (bicyclic) bond motifs is 2. The van der Waals surface area contributed by atoms with Gasteiger partial charge in [0.25, 0.3) is 0 Å². The number of carbonyl (C=O) groups is 3. The number of rotatable bonds is 17. The van der Waals surface area contributed by atoms with Crippen LogP contribution in [0.1, 0.15) is 116 Å². The molecule has 19 heteroatoms. The van der Waals surface area contributed by atoms with E-state index in [2.05, 4.69) is 40.5 Å². The van der Waals surface area contributed by atoms with Crippen LogP contribution in [-0.4, -0.2) is 167 Å². The molecule has 2 amide bonds. The van der Waals surface area contributed by atoms with Gasteiger partial charge in [0.05, 0.1) is 17.8 Å². The number of carbonyl (C=O) groups excluding carboxylic acids is 3. The Morgan fingerprint density at radius 3 is 1.89 bits per heavy atom. The first-order chi connectivity index (χ1) is 40.6. The summed E-state index contributed by atoms with van der Waals surface area (Å²) in [7, 11) is 0. The zero-order chi connectivity index (χ0) is 59.1. The number of nitrogens with zero attached hydrogens (tertiary/aromatic N) is 8. The third kappa shape index (κ3) is 17.1.